The van der Waals surface area contributed by atoms with E-state index in [1.54, 1.807) is 11.3 Å². The fourth-order valence-corrected chi connectivity index (χ4v) is 3.58. The molecule has 6 heteroatoms. The lowest BCUT2D eigenvalue weighted by molar-refractivity contribution is -0.138. The number of carbonyl (C=O) groups excluding carboxylic acids is 2. The predicted octanol–water partition coefficient (Wildman–Crippen LogP) is 2.13. The smallest absolute Gasteiger partial charge is 0.227 e. The molecule has 2 amide bonds. The van der Waals surface area contributed by atoms with Crippen LogP contribution in [0, 0.1) is 0 Å². The van der Waals surface area contributed by atoms with Gasteiger partial charge in [0.05, 0.1) is 6.42 Å². The van der Waals surface area contributed by atoms with Gasteiger partial charge in [-0.15, -0.1) is 11.3 Å². The minimum Gasteiger partial charge on any atom is -0.339 e. The van der Waals surface area contributed by atoms with Crippen LogP contribution in [-0.4, -0.2) is 47.8 Å². The Morgan fingerprint density at radius 3 is 2.26 bits per heavy atom. The van der Waals surface area contributed by atoms with Crippen LogP contribution >= 0.6 is 27.3 Å². The largest absolute Gasteiger partial charge is 0.339 e. The normalized spacial score (nSPS) is 15.7. The Morgan fingerprint density at radius 1 is 1.21 bits per heavy atom. The number of amides is 2. The van der Waals surface area contributed by atoms with Gasteiger partial charge < -0.3 is 9.80 Å². The first-order chi connectivity index (χ1) is 9.10. The summed E-state index contributed by atoms with van der Waals surface area (Å²) in [4.78, 5) is 28.5. The summed E-state index contributed by atoms with van der Waals surface area (Å²) >= 11 is 4.98. The van der Waals surface area contributed by atoms with Gasteiger partial charge in [0.2, 0.25) is 11.8 Å². The number of hydrogen-bond acceptors (Lipinski definition) is 3. The minimum absolute atomic E-state index is 0.151. The fraction of sp³-hybridized carbons (Fsp3) is 0.538. The van der Waals surface area contributed by atoms with Gasteiger partial charge in [0, 0.05) is 47.3 Å². The van der Waals surface area contributed by atoms with Crippen LogP contribution in [0.3, 0.4) is 0 Å². The van der Waals surface area contributed by atoms with Crippen molar-refractivity contribution in [1.29, 1.82) is 0 Å². The van der Waals surface area contributed by atoms with E-state index in [1.807, 2.05) is 28.2 Å². The van der Waals surface area contributed by atoms with Crippen molar-refractivity contribution >= 4 is 39.1 Å². The van der Waals surface area contributed by atoms with Gasteiger partial charge in [0.1, 0.15) is 0 Å². The average Bonchev–Trinajstić information content (AvgIpc) is 2.83. The molecule has 104 valence electrons. The molecule has 1 aromatic heterocycles. The van der Waals surface area contributed by atoms with E-state index in [1.165, 1.54) is 0 Å². The molecule has 0 unspecified atom stereocenters. The number of thiophene rings is 1. The third-order valence-corrected chi connectivity index (χ3v) is 4.93. The minimum atomic E-state index is 0.151. The van der Waals surface area contributed by atoms with Crippen LogP contribution in [-0.2, 0) is 16.0 Å². The first-order valence-corrected chi connectivity index (χ1v) is 8.06. The molecule has 1 aliphatic rings. The van der Waals surface area contributed by atoms with Gasteiger partial charge in [-0.2, -0.15) is 0 Å². The molecule has 0 N–H and O–H groups in total. The molecule has 19 heavy (non-hydrogen) atoms. The highest BCUT2D eigenvalue weighted by atomic mass is 79.9. The zero-order valence-corrected chi connectivity index (χ0v) is 13.3. The lowest BCUT2D eigenvalue weighted by Crippen LogP contribution is -2.50. The molecule has 4 nitrogen and oxygen atoms in total. The Balaban J connectivity index is 1.84. The molecule has 0 bridgehead atoms. The maximum Gasteiger partial charge on any atom is 0.227 e. The summed E-state index contributed by atoms with van der Waals surface area (Å²) in [5.74, 6) is 0.326. The molecular formula is C13H17BrN2O2S. The number of nitrogens with zero attached hydrogens (tertiary/aromatic N) is 2. The van der Waals surface area contributed by atoms with Crippen molar-refractivity contribution in [2.24, 2.45) is 0 Å². The Labute approximate surface area is 125 Å². The molecule has 1 aliphatic heterocycles. The quantitative estimate of drug-likeness (QED) is 0.842. The summed E-state index contributed by atoms with van der Waals surface area (Å²) in [5, 5.41) is 1.99. The van der Waals surface area contributed by atoms with Crippen LogP contribution in [0.25, 0.3) is 0 Å². The standard InChI is InChI=1S/C13H17BrN2O2S/c1-2-12(17)15-3-5-16(6-4-15)13(18)8-11-7-10(14)9-19-11/h7,9H,2-6,8H2,1H3. The molecule has 0 aliphatic carbocycles. The molecule has 0 spiro atoms. The van der Waals surface area contributed by atoms with Crippen molar-refractivity contribution in [2.45, 2.75) is 19.8 Å². The first-order valence-electron chi connectivity index (χ1n) is 6.38. The highest BCUT2D eigenvalue weighted by Crippen LogP contribution is 2.20. The van der Waals surface area contributed by atoms with E-state index < -0.39 is 0 Å². The lowest BCUT2D eigenvalue weighted by atomic mass is 10.2. The second kappa shape index (κ2) is 6.52. The monoisotopic (exact) mass is 344 g/mol. The van der Waals surface area contributed by atoms with Crippen LogP contribution in [0.15, 0.2) is 15.9 Å². The first kappa shape index (κ1) is 14.5. The predicted molar refractivity (Wildman–Crippen MR) is 79.2 cm³/mol. The van der Waals surface area contributed by atoms with Crippen molar-refractivity contribution in [1.82, 2.24) is 9.80 Å². The summed E-state index contributed by atoms with van der Waals surface area (Å²) in [6.07, 6.45) is 0.995. The van der Waals surface area contributed by atoms with Crippen molar-refractivity contribution < 1.29 is 9.59 Å². The van der Waals surface area contributed by atoms with Gasteiger partial charge in [-0.25, -0.2) is 0 Å². The van der Waals surface area contributed by atoms with E-state index in [4.69, 9.17) is 0 Å². The van der Waals surface area contributed by atoms with E-state index >= 15 is 0 Å². The van der Waals surface area contributed by atoms with Gasteiger partial charge in [0.25, 0.3) is 0 Å². The van der Waals surface area contributed by atoms with Crippen LogP contribution in [0.2, 0.25) is 0 Å². The maximum atomic E-state index is 12.1. The molecule has 2 heterocycles. The van der Waals surface area contributed by atoms with Gasteiger partial charge in [-0.3, -0.25) is 9.59 Å². The zero-order valence-electron chi connectivity index (χ0n) is 10.9. The maximum absolute atomic E-state index is 12.1. The van der Waals surface area contributed by atoms with Crippen LogP contribution in [0.5, 0.6) is 0 Å². The zero-order chi connectivity index (χ0) is 13.8. The van der Waals surface area contributed by atoms with E-state index in [0.717, 1.165) is 9.35 Å². The molecule has 2 rings (SSSR count). The van der Waals surface area contributed by atoms with Crippen molar-refractivity contribution in [3.8, 4) is 0 Å². The van der Waals surface area contributed by atoms with Gasteiger partial charge in [-0.1, -0.05) is 6.92 Å². The van der Waals surface area contributed by atoms with Crippen LogP contribution in [0.4, 0.5) is 0 Å². The summed E-state index contributed by atoms with van der Waals surface area (Å²) in [6.45, 7) is 4.49. The van der Waals surface area contributed by atoms with Crippen molar-refractivity contribution in [3.05, 3.63) is 20.8 Å². The molecule has 1 aromatic rings. The third kappa shape index (κ3) is 3.79. The van der Waals surface area contributed by atoms with Gasteiger partial charge >= 0.3 is 0 Å². The number of rotatable bonds is 3. The molecule has 0 aromatic carbocycles. The Kier molecular flexibility index (Phi) is 4.99. The summed E-state index contributed by atoms with van der Waals surface area (Å²) in [5.41, 5.74) is 0. The summed E-state index contributed by atoms with van der Waals surface area (Å²) in [6, 6.07) is 1.99. The second-order valence-corrected chi connectivity index (χ2v) is 6.43. The van der Waals surface area contributed by atoms with Crippen LogP contribution < -0.4 is 0 Å². The highest BCUT2D eigenvalue weighted by Gasteiger charge is 2.23. The van der Waals surface area contributed by atoms with E-state index in [9.17, 15) is 9.59 Å². The lowest BCUT2D eigenvalue weighted by Gasteiger charge is -2.34. The van der Waals surface area contributed by atoms with Gasteiger partial charge in [-0.05, 0) is 22.0 Å². The number of halogens is 1. The van der Waals surface area contributed by atoms with Gasteiger partial charge in [0.15, 0.2) is 0 Å². The van der Waals surface area contributed by atoms with Crippen molar-refractivity contribution in [2.75, 3.05) is 26.2 Å². The molecule has 1 fully saturated rings. The fourth-order valence-electron chi connectivity index (χ4n) is 2.14. The molecule has 0 atom stereocenters. The van der Waals surface area contributed by atoms with E-state index in [-0.39, 0.29) is 11.8 Å². The van der Waals surface area contributed by atoms with E-state index in [0.29, 0.717) is 39.0 Å². The number of carbonyl (C=O) groups is 2. The van der Waals surface area contributed by atoms with E-state index in [2.05, 4.69) is 15.9 Å². The number of piperazine rings is 1. The Morgan fingerprint density at radius 2 is 1.79 bits per heavy atom. The molecule has 0 radical (unpaired) electrons. The molecule has 0 saturated carbocycles. The topological polar surface area (TPSA) is 40.6 Å². The second-order valence-electron chi connectivity index (χ2n) is 4.52. The average molecular weight is 345 g/mol. The SMILES string of the molecule is CCC(=O)N1CCN(C(=O)Cc2cc(Br)cs2)CC1. The molecular weight excluding hydrogens is 328 g/mol. The summed E-state index contributed by atoms with van der Waals surface area (Å²) in [7, 11) is 0. The number of hydrogen-bond donors (Lipinski definition) is 0. The van der Waals surface area contributed by atoms with Crippen LogP contribution in [0.1, 0.15) is 18.2 Å². The summed E-state index contributed by atoms with van der Waals surface area (Å²) < 4.78 is 1.03. The highest BCUT2D eigenvalue weighted by molar-refractivity contribution is 9.10. The Hall–Kier alpha value is -0.880. The van der Waals surface area contributed by atoms with Crippen molar-refractivity contribution in [3.63, 3.8) is 0 Å². The third-order valence-electron chi connectivity index (χ3n) is 3.23. The molecule has 1 saturated heterocycles. The Bertz CT molecular complexity index is 467.